The van der Waals surface area contributed by atoms with Crippen LogP contribution in [0.2, 0.25) is 0 Å². The predicted octanol–water partition coefficient (Wildman–Crippen LogP) is 8.47. The number of phosphoric ester groups is 1. The van der Waals surface area contributed by atoms with Crippen molar-refractivity contribution in [3.05, 3.63) is 132 Å². The molecular weight excluding hydrogens is 654 g/mol. The second-order valence-corrected chi connectivity index (χ2v) is 14.5. The number of phosphoric acid groups is 1. The van der Waals surface area contributed by atoms with Gasteiger partial charge in [-0.15, -0.1) is 0 Å². The summed E-state index contributed by atoms with van der Waals surface area (Å²) in [5.74, 6) is 0.606. The molecule has 0 saturated carbocycles. The Balaban J connectivity index is 1.43. The SMILES string of the molecule is CCOP(=O)(C[C@H]1O[C@H](COP(=O)(Oc2ccccc2)Oc2ccccc2)[C@@H](OCc2ccccc2)[C@@H]1OCc1ccccc1)OCC. The third-order valence-electron chi connectivity index (χ3n) is 7.35. The summed E-state index contributed by atoms with van der Waals surface area (Å²) >= 11 is 0. The zero-order valence-corrected chi connectivity index (χ0v) is 28.9. The van der Waals surface area contributed by atoms with E-state index in [1.807, 2.05) is 72.8 Å². The number of rotatable bonds is 19. The highest BCUT2D eigenvalue weighted by Crippen LogP contribution is 2.52. The van der Waals surface area contributed by atoms with E-state index in [4.69, 9.17) is 36.8 Å². The molecule has 12 heteroatoms. The second kappa shape index (κ2) is 17.9. The summed E-state index contributed by atoms with van der Waals surface area (Å²) in [6.45, 7) is 4.11. The van der Waals surface area contributed by atoms with Gasteiger partial charge in [-0.25, -0.2) is 4.57 Å². The van der Waals surface area contributed by atoms with Crippen LogP contribution in [0.1, 0.15) is 25.0 Å². The summed E-state index contributed by atoms with van der Waals surface area (Å²) in [7, 11) is -7.84. The molecule has 1 aliphatic heterocycles. The van der Waals surface area contributed by atoms with Gasteiger partial charge in [0.15, 0.2) is 0 Å². The van der Waals surface area contributed by atoms with E-state index in [2.05, 4.69) is 0 Å². The van der Waals surface area contributed by atoms with Crippen molar-refractivity contribution in [3.8, 4) is 11.5 Å². The minimum Gasteiger partial charge on any atom is -0.395 e. The van der Waals surface area contributed by atoms with E-state index in [9.17, 15) is 9.13 Å². The minimum atomic E-state index is -4.26. The lowest BCUT2D eigenvalue weighted by Crippen LogP contribution is -2.40. The van der Waals surface area contributed by atoms with E-state index >= 15 is 0 Å². The van der Waals surface area contributed by atoms with Crippen LogP contribution in [0, 0.1) is 0 Å². The maximum atomic E-state index is 14.2. The summed E-state index contributed by atoms with van der Waals surface area (Å²) in [6.07, 6.45) is -3.16. The van der Waals surface area contributed by atoms with E-state index in [0.29, 0.717) is 11.5 Å². The molecule has 0 spiro atoms. The van der Waals surface area contributed by atoms with Crippen molar-refractivity contribution in [2.45, 2.75) is 51.5 Å². The highest BCUT2D eigenvalue weighted by atomic mass is 31.2. The minimum absolute atomic E-state index is 0.0888. The lowest BCUT2D eigenvalue weighted by atomic mass is 10.1. The van der Waals surface area contributed by atoms with E-state index < -0.39 is 39.8 Å². The molecule has 0 radical (unpaired) electrons. The van der Waals surface area contributed by atoms with Crippen LogP contribution in [0.3, 0.4) is 0 Å². The lowest BCUT2D eigenvalue weighted by Gasteiger charge is -2.27. The Morgan fingerprint density at radius 3 is 1.42 bits per heavy atom. The fraction of sp³-hybridized carbons (Fsp3) is 0.333. The third kappa shape index (κ3) is 10.6. The van der Waals surface area contributed by atoms with Crippen LogP contribution in [0.15, 0.2) is 121 Å². The van der Waals surface area contributed by atoms with Gasteiger partial charge in [0.25, 0.3) is 0 Å². The van der Waals surface area contributed by atoms with Gasteiger partial charge in [-0.1, -0.05) is 97.1 Å². The maximum absolute atomic E-state index is 14.2. The molecule has 0 N–H and O–H groups in total. The molecule has 0 aromatic heterocycles. The molecule has 1 aliphatic rings. The average molecular weight is 697 g/mol. The second-order valence-electron chi connectivity index (χ2n) is 10.9. The normalized spacial score (nSPS) is 19.6. The van der Waals surface area contributed by atoms with E-state index in [0.717, 1.165) is 11.1 Å². The number of para-hydroxylation sites is 2. The first-order chi connectivity index (χ1) is 23.4. The van der Waals surface area contributed by atoms with Crippen molar-refractivity contribution in [2.75, 3.05) is 26.0 Å². The molecular formula is C36H42O10P2. The monoisotopic (exact) mass is 696 g/mol. The van der Waals surface area contributed by atoms with Gasteiger partial charge >= 0.3 is 15.4 Å². The molecule has 0 aliphatic carbocycles. The fourth-order valence-electron chi connectivity index (χ4n) is 5.23. The summed E-state index contributed by atoms with van der Waals surface area (Å²) in [5.41, 5.74) is 1.87. The first kappa shape index (κ1) is 36.0. The van der Waals surface area contributed by atoms with Crippen molar-refractivity contribution < 1.29 is 46.0 Å². The molecule has 4 aromatic carbocycles. The summed E-state index contributed by atoms with van der Waals surface area (Å²) in [4.78, 5) is 0. The molecule has 4 atom stereocenters. The molecule has 48 heavy (non-hydrogen) atoms. The lowest BCUT2D eigenvalue weighted by molar-refractivity contribution is -0.0822. The Bertz CT molecular complexity index is 1540. The molecule has 0 amide bonds. The Hall–Kier alpha value is -3.30. The molecule has 1 saturated heterocycles. The zero-order chi connectivity index (χ0) is 33.7. The number of benzene rings is 4. The highest BCUT2D eigenvalue weighted by Gasteiger charge is 2.50. The Morgan fingerprint density at radius 1 is 0.562 bits per heavy atom. The Labute approximate surface area is 282 Å². The van der Waals surface area contributed by atoms with Gasteiger partial charge in [0.1, 0.15) is 29.8 Å². The maximum Gasteiger partial charge on any atom is 0.587 e. The van der Waals surface area contributed by atoms with Gasteiger partial charge in [-0.2, -0.15) is 0 Å². The van der Waals surface area contributed by atoms with Crippen LogP contribution < -0.4 is 9.05 Å². The Kier molecular flexibility index (Phi) is 13.4. The van der Waals surface area contributed by atoms with Crippen molar-refractivity contribution in [1.82, 2.24) is 0 Å². The summed E-state index contributed by atoms with van der Waals surface area (Å²) < 4.78 is 76.4. The molecule has 4 aromatic rings. The molecule has 1 fully saturated rings. The van der Waals surface area contributed by atoms with E-state index in [1.54, 1.807) is 62.4 Å². The number of hydrogen-bond acceptors (Lipinski definition) is 10. The van der Waals surface area contributed by atoms with E-state index in [1.165, 1.54) is 0 Å². The van der Waals surface area contributed by atoms with Gasteiger partial charge in [0.05, 0.1) is 45.3 Å². The van der Waals surface area contributed by atoms with Crippen LogP contribution in [0.25, 0.3) is 0 Å². The first-order valence-electron chi connectivity index (χ1n) is 16.0. The van der Waals surface area contributed by atoms with Gasteiger partial charge in [0.2, 0.25) is 0 Å². The van der Waals surface area contributed by atoms with Crippen LogP contribution in [0.5, 0.6) is 11.5 Å². The third-order valence-corrected chi connectivity index (χ3v) is 10.8. The molecule has 1 heterocycles. The number of hydrogen-bond donors (Lipinski definition) is 0. The predicted molar refractivity (Wildman–Crippen MR) is 182 cm³/mol. The average Bonchev–Trinajstić information content (AvgIpc) is 3.42. The highest BCUT2D eigenvalue weighted by molar-refractivity contribution is 7.53. The topological polar surface area (TPSA) is 108 Å². The van der Waals surface area contributed by atoms with Crippen molar-refractivity contribution in [3.63, 3.8) is 0 Å². The Morgan fingerprint density at radius 2 is 0.979 bits per heavy atom. The summed E-state index contributed by atoms with van der Waals surface area (Å²) in [5, 5.41) is 0. The van der Waals surface area contributed by atoms with Crippen molar-refractivity contribution in [2.24, 2.45) is 0 Å². The molecule has 256 valence electrons. The van der Waals surface area contributed by atoms with Gasteiger partial charge in [-0.05, 0) is 49.2 Å². The zero-order valence-electron chi connectivity index (χ0n) is 27.1. The largest absolute Gasteiger partial charge is 0.587 e. The van der Waals surface area contributed by atoms with Crippen LogP contribution >= 0.6 is 15.4 Å². The molecule has 10 nitrogen and oxygen atoms in total. The van der Waals surface area contributed by atoms with Crippen molar-refractivity contribution in [1.29, 1.82) is 0 Å². The number of ether oxygens (including phenoxy) is 3. The fourth-order valence-corrected chi connectivity index (χ4v) is 8.27. The van der Waals surface area contributed by atoms with Gasteiger partial charge in [0, 0.05) is 0 Å². The molecule has 0 bridgehead atoms. The van der Waals surface area contributed by atoms with Crippen LogP contribution in [-0.4, -0.2) is 50.4 Å². The van der Waals surface area contributed by atoms with Crippen LogP contribution in [0.4, 0.5) is 0 Å². The standard InChI is InChI=1S/C36H42O10P2/c1-3-41-47(37,42-4-2)28-34-36(40-26-30-19-11-6-12-20-30)35(39-25-29-17-9-5-10-18-29)33(44-34)27-43-48(38,45-31-21-13-7-14-22-31)46-32-23-15-8-16-24-32/h5-24,33-36H,3-4,25-28H2,1-2H3/t33-,34-,35-,36-/m1/s1. The molecule has 5 rings (SSSR count). The first-order valence-corrected chi connectivity index (χ1v) is 19.2. The van der Waals surface area contributed by atoms with Crippen molar-refractivity contribution >= 4 is 15.4 Å². The van der Waals surface area contributed by atoms with Crippen LogP contribution in [-0.2, 0) is 50.1 Å². The molecule has 0 unspecified atom stereocenters. The summed E-state index contributed by atoms with van der Waals surface area (Å²) in [6, 6.07) is 36.6. The van der Waals surface area contributed by atoms with Gasteiger partial charge in [-0.3, -0.25) is 9.09 Å². The van der Waals surface area contributed by atoms with Gasteiger partial charge < -0.3 is 32.3 Å². The smallest absolute Gasteiger partial charge is 0.395 e. The quantitative estimate of drug-likeness (QED) is 0.0886. The van der Waals surface area contributed by atoms with E-state index in [-0.39, 0.29) is 39.2 Å².